The smallest absolute Gasteiger partial charge is 0.251 e. The van der Waals surface area contributed by atoms with Crippen molar-refractivity contribution in [2.75, 3.05) is 6.54 Å². The molecule has 1 aliphatic rings. The molecule has 2 N–H and O–H groups in total. The first-order chi connectivity index (χ1) is 10.5. The predicted molar refractivity (Wildman–Crippen MR) is 87.8 cm³/mol. The number of carbonyl (C=O) groups excluding carboxylic acids is 2. The monoisotopic (exact) mass is 302 g/mol. The van der Waals surface area contributed by atoms with Crippen molar-refractivity contribution in [3.8, 4) is 0 Å². The van der Waals surface area contributed by atoms with E-state index in [-0.39, 0.29) is 24.4 Å². The number of hydrogen-bond acceptors (Lipinski definition) is 2. The molecule has 2 rings (SSSR count). The van der Waals surface area contributed by atoms with Crippen molar-refractivity contribution in [3.05, 3.63) is 34.9 Å². The summed E-state index contributed by atoms with van der Waals surface area (Å²) in [5.74, 6) is 0.221. The van der Waals surface area contributed by atoms with Crippen molar-refractivity contribution >= 4 is 11.8 Å². The Labute approximate surface area is 132 Å². The Hall–Kier alpha value is -1.84. The lowest BCUT2D eigenvalue weighted by Gasteiger charge is -2.29. The maximum atomic E-state index is 12.1. The van der Waals surface area contributed by atoms with Crippen LogP contribution in [0.4, 0.5) is 0 Å². The fourth-order valence-electron chi connectivity index (χ4n) is 2.93. The van der Waals surface area contributed by atoms with Crippen molar-refractivity contribution in [1.29, 1.82) is 0 Å². The van der Waals surface area contributed by atoms with E-state index in [0.717, 1.165) is 17.5 Å². The molecule has 1 saturated carbocycles. The van der Waals surface area contributed by atoms with Crippen molar-refractivity contribution in [1.82, 2.24) is 10.6 Å². The zero-order chi connectivity index (χ0) is 16.1. The molecule has 0 unspecified atom stereocenters. The summed E-state index contributed by atoms with van der Waals surface area (Å²) >= 11 is 0. The van der Waals surface area contributed by atoms with Crippen LogP contribution in [0.3, 0.4) is 0 Å². The van der Waals surface area contributed by atoms with Crippen LogP contribution in [0.2, 0.25) is 0 Å². The molecular weight excluding hydrogens is 276 g/mol. The number of carbonyl (C=O) groups is 2. The summed E-state index contributed by atoms with van der Waals surface area (Å²) < 4.78 is 0. The lowest BCUT2D eigenvalue weighted by atomic mass is 9.86. The molecule has 1 aromatic rings. The Bertz CT molecular complexity index is 554. The van der Waals surface area contributed by atoms with E-state index in [4.69, 9.17) is 0 Å². The molecule has 0 heterocycles. The highest BCUT2D eigenvalue weighted by Gasteiger charge is 2.22. The second-order valence-corrected chi connectivity index (χ2v) is 6.42. The second kappa shape index (κ2) is 7.43. The maximum absolute atomic E-state index is 12.1. The topological polar surface area (TPSA) is 58.2 Å². The molecule has 1 aliphatic carbocycles. The lowest BCUT2D eigenvalue weighted by Crippen LogP contribution is -2.45. The average molecular weight is 302 g/mol. The van der Waals surface area contributed by atoms with Crippen molar-refractivity contribution in [2.45, 2.75) is 52.5 Å². The van der Waals surface area contributed by atoms with Gasteiger partial charge in [0, 0.05) is 11.6 Å². The molecule has 22 heavy (non-hydrogen) atoms. The maximum Gasteiger partial charge on any atom is 0.251 e. The fourth-order valence-corrected chi connectivity index (χ4v) is 2.93. The van der Waals surface area contributed by atoms with Crippen molar-refractivity contribution < 1.29 is 9.59 Å². The highest BCUT2D eigenvalue weighted by atomic mass is 16.2. The van der Waals surface area contributed by atoms with Crippen molar-refractivity contribution in [2.24, 2.45) is 5.92 Å². The molecule has 0 spiro atoms. The summed E-state index contributed by atoms with van der Waals surface area (Å²) in [6, 6.07) is 5.82. The van der Waals surface area contributed by atoms with E-state index in [1.807, 2.05) is 26.0 Å². The first kappa shape index (κ1) is 16.5. The SMILES string of the molecule is Cc1ccc(C(=O)NCC(=O)N[C@H]2CCCC[C@H]2C)cc1C. The third-order valence-electron chi connectivity index (χ3n) is 4.64. The third-order valence-corrected chi connectivity index (χ3v) is 4.64. The molecule has 4 heteroatoms. The standard InChI is InChI=1S/C18H26N2O2/c1-12-8-9-15(10-14(12)3)18(22)19-11-17(21)20-16-7-5-4-6-13(16)2/h8-10,13,16H,4-7,11H2,1-3H3,(H,19,22)(H,20,21)/t13-,16+/m1/s1. The van der Waals surface area contributed by atoms with E-state index in [1.165, 1.54) is 19.3 Å². The lowest BCUT2D eigenvalue weighted by molar-refractivity contribution is -0.121. The third kappa shape index (κ3) is 4.33. The van der Waals surface area contributed by atoms with E-state index in [2.05, 4.69) is 17.6 Å². The van der Waals surface area contributed by atoms with Crippen LogP contribution in [0.5, 0.6) is 0 Å². The average Bonchev–Trinajstić information content (AvgIpc) is 2.50. The summed E-state index contributed by atoms with van der Waals surface area (Å²) in [6.45, 7) is 6.20. The molecule has 2 amide bonds. The first-order valence-corrected chi connectivity index (χ1v) is 8.12. The van der Waals surface area contributed by atoms with Crippen LogP contribution in [-0.2, 0) is 4.79 Å². The number of nitrogens with one attached hydrogen (secondary N) is 2. The zero-order valence-corrected chi connectivity index (χ0v) is 13.7. The molecule has 4 nitrogen and oxygen atoms in total. The largest absolute Gasteiger partial charge is 0.352 e. The number of hydrogen-bond donors (Lipinski definition) is 2. The van der Waals surface area contributed by atoms with Gasteiger partial charge in [-0.15, -0.1) is 0 Å². The minimum absolute atomic E-state index is 0.0367. The highest BCUT2D eigenvalue weighted by molar-refractivity contribution is 5.96. The van der Waals surface area contributed by atoms with Gasteiger partial charge in [-0.3, -0.25) is 9.59 Å². The van der Waals surface area contributed by atoms with E-state index >= 15 is 0 Å². The van der Waals surface area contributed by atoms with Crippen LogP contribution in [0.1, 0.15) is 54.1 Å². The van der Waals surface area contributed by atoms with Gasteiger partial charge < -0.3 is 10.6 Å². The predicted octanol–water partition coefficient (Wildman–Crippen LogP) is 2.73. The molecule has 0 saturated heterocycles. The van der Waals surface area contributed by atoms with Gasteiger partial charge in [0.15, 0.2) is 0 Å². The van der Waals surface area contributed by atoms with Gasteiger partial charge in [-0.2, -0.15) is 0 Å². The van der Waals surface area contributed by atoms with Crippen LogP contribution >= 0.6 is 0 Å². The molecule has 0 bridgehead atoms. The Kier molecular flexibility index (Phi) is 5.58. The second-order valence-electron chi connectivity index (χ2n) is 6.42. The highest BCUT2D eigenvalue weighted by Crippen LogP contribution is 2.23. The molecule has 0 radical (unpaired) electrons. The minimum Gasteiger partial charge on any atom is -0.352 e. The molecule has 0 aliphatic heterocycles. The minimum atomic E-state index is -0.199. The van der Waals surface area contributed by atoms with E-state index < -0.39 is 0 Å². The Morgan fingerprint density at radius 1 is 1.14 bits per heavy atom. The molecular formula is C18H26N2O2. The molecule has 120 valence electrons. The van der Waals surface area contributed by atoms with Gasteiger partial charge in [0.25, 0.3) is 5.91 Å². The summed E-state index contributed by atoms with van der Waals surface area (Å²) in [5, 5.41) is 5.74. The number of aryl methyl sites for hydroxylation is 2. The van der Waals surface area contributed by atoms with Gasteiger partial charge in [0.2, 0.25) is 5.91 Å². The van der Waals surface area contributed by atoms with Crippen molar-refractivity contribution in [3.63, 3.8) is 0 Å². The first-order valence-electron chi connectivity index (χ1n) is 8.12. The molecule has 1 aromatic carbocycles. The Morgan fingerprint density at radius 3 is 2.55 bits per heavy atom. The number of amides is 2. The Balaban J connectivity index is 1.82. The van der Waals surface area contributed by atoms with E-state index in [0.29, 0.717) is 11.5 Å². The Morgan fingerprint density at radius 2 is 1.86 bits per heavy atom. The number of benzene rings is 1. The summed E-state index contributed by atoms with van der Waals surface area (Å²) in [5.41, 5.74) is 2.83. The van der Waals surface area contributed by atoms with Gasteiger partial charge in [-0.25, -0.2) is 0 Å². The van der Waals surface area contributed by atoms with Crippen LogP contribution in [0.15, 0.2) is 18.2 Å². The van der Waals surface area contributed by atoms with E-state index in [9.17, 15) is 9.59 Å². The quantitative estimate of drug-likeness (QED) is 0.898. The fraction of sp³-hybridized carbons (Fsp3) is 0.556. The summed E-state index contributed by atoms with van der Waals surface area (Å²) in [7, 11) is 0. The van der Waals surface area contributed by atoms with Gasteiger partial charge in [-0.1, -0.05) is 25.8 Å². The van der Waals surface area contributed by atoms with E-state index in [1.54, 1.807) is 6.07 Å². The zero-order valence-electron chi connectivity index (χ0n) is 13.7. The summed E-state index contributed by atoms with van der Waals surface area (Å²) in [6.07, 6.45) is 4.62. The van der Waals surface area contributed by atoms with Crippen LogP contribution in [0, 0.1) is 19.8 Å². The molecule has 0 aromatic heterocycles. The molecule has 2 atom stereocenters. The number of rotatable bonds is 4. The van der Waals surface area contributed by atoms with Gasteiger partial charge in [0.05, 0.1) is 6.54 Å². The van der Waals surface area contributed by atoms with Gasteiger partial charge in [-0.05, 0) is 55.9 Å². The van der Waals surface area contributed by atoms with Crippen LogP contribution in [-0.4, -0.2) is 24.4 Å². The normalized spacial score (nSPS) is 21.2. The van der Waals surface area contributed by atoms with Gasteiger partial charge in [0.1, 0.15) is 0 Å². The van der Waals surface area contributed by atoms with Crippen LogP contribution in [0.25, 0.3) is 0 Å². The molecule has 1 fully saturated rings. The van der Waals surface area contributed by atoms with Gasteiger partial charge >= 0.3 is 0 Å². The summed E-state index contributed by atoms with van der Waals surface area (Å²) in [4.78, 5) is 24.1. The van der Waals surface area contributed by atoms with Crippen LogP contribution < -0.4 is 10.6 Å².